The maximum absolute atomic E-state index is 11.9. The zero-order valence-corrected chi connectivity index (χ0v) is 12.2. The Kier molecular flexibility index (Phi) is 4.28. The summed E-state index contributed by atoms with van der Waals surface area (Å²) in [7, 11) is 0. The van der Waals surface area contributed by atoms with Crippen molar-refractivity contribution < 1.29 is 9.53 Å². The summed E-state index contributed by atoms with van der Waals surface area (Å²) >= 11 is 0. The van der Waals surface area contributed by atoms with Crippen molar-refractivity contribution in [2.75, 3.05) is 0 Å². The maximum atomic E-state index is 11.9. The molecule has 1 saturated carbocycles. The average Bonchev–Trinajstić information content (AvgIpc) is 2.41. The van der Waals surface area contributed by atoms with E-state index in [2.05, 4.69) is 13.8 Å². The Morgan fingerprint density at radius 2 is 1.89 bits per heavy atom. The minimum Gasteiger partial charge on any atom is -0.490 e. The van der Waals surface area contributed by atoms with Gasteiger partial charge in [0.2, 0.25) is 0 Å². The van der Waals surface area contributed by atoms with Gasteiger partial charge in [0.25, 0.3) is 0 Å². The minimum absolute atomic E-state index is 0.159. The number of ether oxygens (including phenoxy) is 1. The summed E-state index contributed by atoms with van der Waals surface area (Å²) in [4.78, 5) is 11.9. The fourth-order valence-electron chi connectivity index (χ4n) is 2.66. The lowest BCUT2D eigenvalue weighted by molar-refractivity contribution is 0.0917. The van der Waals surface area contributed by atoms with E-state index < -0.39 is 0 Å². The van der Waals surface area contributed by atoms with Gasteiger partial charge in [-0.1, -0.05) is 32.9 Å². The van der Waals surface area contributed by atoms with Crippen molar-refractivity contribution in [3.63, 3.8) is 0 Å². The Morgan fingerprint density at radius 3 is 2.53 bits per heavy atom. The highest BCUT2D eigenvalue weighted by molar-refractivity contribution is 5.98. The molecule has 0 saturated heterocycles. The molecule has 0 N–H and O–H groups in total. The summed E-state index contributed by atoms with van der Waals surface area (Å²) in [5.41, 5.74) is 1.17. The molecule has 104 valence electrons. The Bertz CT molecular complexity index is 438. The lowest BCUT2D eigenvalue weighted by Crippen LogP contribution is -2.28. The summed E-state index contributed by atoms with van der Waals surface area (Å²) in [6.07, 6.45) is 5.35. The average molecular weight is 260 g/mol. The van der Waals surface area contributed by atoms with E-state index in [-0.39, 0.29) is 11.9 Å². The third kappa shape index (κ3) is 3.59. The molecule has 2 rings (SSSR count). The zero-order valence-electron chi connectivity index (χ0n) is 12.2. The number of hydrogen-bond donors (Lipinski definition) is 0. The van der Waals surface area contributed by atoms with Crippen LogP contribution in [0.4, 0.5) is 0 Å². The fourth-order valence-corrected chi connectivity index (χ4v) is 2.66. The first-order valence-electron chi connectivity index (χ1n) is 7.31. The Labute approximate surface area is 116 Å². The largest absolute Gasteiger partial charge is 0.490 e. The van der Waals surface area contributed by atoms with E-state index in [4.69, 9.17) is 4.74 Å². The van der Waals surface area contributed by atoms with E-state index in [1.54, 1.807) is 0 Å². The lowest BCUT2D eigenvalue weighted by atomic mass is 9.76. The van der Waals surface area contributed by atoms with Crippen LogP contribution in [0.25, 0.3) is 0 Å². The van der Waals surface area contributed by atoms with Crippen molar-refractivity contribution in [3.05, 3.63) is 29.8 Å². The molecule has 19 heavy (non-hydrogen) atoms. The first-order valence-corrected chi connectivity index (χ1v) is 7.31. The third-order valence-corrected chi connectivity index (χ3v) is 4.09. The highest BCUT2D eigenvalue weighted by Gasteiger charge is 2.28. The third-order valence-electron chi connectivity index (χ3n) is 4.09. The molecule has 0 aromatic heterocycles. The molecular formula is C17H24O2. The molecule has 1 aromatic rings. The monoisotopic (exact) mass is 260 g/mol. The number of Topliss-reactive ketones (excluding diaryl/α,β-unsaturated/α-hetero) is 1. The second-order valence-corrected chi connectivity index (χ2v) is 6.25. The smallest absolute Gasteiger partial charge is 0.166 e. The van der Waals surface area contributed by atoms with Gasteiger partial charge < -0.3 is 4.74 Å². The van der Waals surface area contributed by atoms with Gasteiger partial charge in [-0.3, -0.25) is 4.79 Å². The Balaban J connectivity index is 2.06. The summed E-state index contributed by atoms with van der Waals surface area (Å²) in [5, 5.41) is 0. The second-order valence-electron chi connectivity index (χ2n) is 6.25. The van der Waals surface area contributed by atoms with E-state index in [9.17, 15) is 4.79 Å². The van der Waals surface area contributed by atoms with Crippen LogP contribution >= 0.6 is 0 Å². The van der Waals surface area contributed by atoms with Crippen LogP contribution < -0.4 is 4.74 Å². The van der Waals surface area contributed by atoms with Crippen LogP contribution in [-0.4, -0.2) is 11.9 Å². The van der Waals surface area contributed by atoms with E-state index in [0.29, 0.717) is 11.8 Å². The number of carbonyl (C=O) groups is 1. The molecule has 1 aliphatic carbocycles. The van der Waals surface area contributed by atoms with Crippen molar-refractivity contribution >= 4 is 5.78 Å². The summed E-state index contributed by atoms with van der Waals surface area (Å²) in [6, 6.07) is 7.63. The van der Waals surface area contributed by atoms with E-state index in [0.717, 1.165) is 24.2 Å². The van der Waals surface area contributed by atoms with Gasteiger partial charge in [-0.15, -0.1) is 0 Å². The van der Waals surface area contributed by atoms with Crippen LogP contribution in [0.1, 0.15) is 63.2 Å². The standard InChI is InChI=1S/C17H24O2/c1-4-15(18)14-7-5-6-8-16(14)19-13-9-11-17(2,3)12-10-13/h5-8,13H,4,9-12H2,1-3H3. The van der Waals surface area contributed by atoms with Crippen molar-refractivity contribution in [3.8, 4) is 5.75 Å². The molecular weight excluding hydrogens is 236 g/mol. The molecule has 0 aliphatic heterocycles. The van der Waals surface area contributed by atoms with Crippen molar-refractivity contribution in [2.45, 2.75) is 59.0 Å². The number of ketones is 1. The molecule has 0 spiro atoms. The van der Waals surface area contributed by atoms with Crippen molar-refractivity contribution in [1.82, 2.24) is 0 Å². The van der Waals surface area contributed by atoms with Gasteiger partial charge in [0.1, 0.15) is 5.75 Å². The summed E-state index contributed by atoms with van der Waals surface area (Å²) in [5.74, 6) is 0.922. The molecule has 0 bridgehead atoms. The Hall–Kier alpha value is -1.31. The van der Waals surface area contributed by atoms with Crippen LogP contribution in [-0.2, 0) is 0 Å². The van der Waals surface area contributed by atoms with Crippen LogP contribution in [0.2, 0.25) is 0 Å². The molecule has 1 fully saturated rings. The molecule has 0 amide bonds. The first kappa shape index (κ1) is 14.1. The van der Waals surface area contributed by atoms with Crippen LogP contribution in [0.15, 0.2) is 24.3 Å². The maximum Gasteiger partial charge on any atom is 0.166 e. The number of benzene rings is 1. The molecule has 2 nitrogen and oxygen atoms in total. The van der Waals surface area contributed by atoms with Crippen LogP contribution in [0, 0.1) is 5.41 Å². The number of rotatable bonds is 4. The summed E-state index contributed by atoms with van der Waals surface area (Å²) < 4.78 is 6.08. The predicted octanol–water partition coefficient (Wildman–Crippen LogP) is 4.63. The minimum atomic E-state index is 0.159. The van der Waals surface area contributed by atoms with Gasteiger partial charge in [0.15, 0.2) is 5.78 Å². The van der Waals surface area contributed by atoms with Crippen LogP contribution in [0.5, 0.6) is 5.75 Å². The quantitative estimate of drug-likeness (QED) is 0.738. The van der Waals surface area contributed by atoms with Gasteiger partial charge in [0.05, 0.1) is 11.7 Å². The van der Waals surface area contributed by atoms with E-state index in [1.807, 2.05) is 31.2 Å². The molecule has 0 radical (unpaired) electrons. The molecule has 2 heteroatoms. The lowest BCUT2D eigenvalue weighted by Gasteiger charge is -2.34. The van der Waals surface area contributed by atoms with Gasteiger partial charge >= 0.3 is 0 Å². The predicted molar refractivity (Wildman–Crippen MR) is 77.7 cm³/mol. The van der Waals surface area contributed by atoms with Gasteiger partial charge in [-0.25, -0.2) is 0 Å². The second kappa shape index (κ2) is 5.77. The SMILES string of the molecule is CCC(=O)c1ccccc1OC1CCC(C)(C)CC1. The first-order chi connectivity index (χ1) is 9.02. The van der Waals surface area contributed by atoms with Crippen LogP contribution in [0.3, 0.4) is 0 Å². The molecule has 1 aromatic carbocycles. The number of hydrogen-bond acceptors (Lipinski definition) is 2. The fraction of sp³-hybridized carbons (Fsp3) is 0.588. The molecule has 1 aliphatic rings. The highest BCUT2D eigenvalue weighted by atomic mass is 16.5. The molecule has 0 heterocycles. The topological polar surface area (TPSA) is 26.3 Å². The zero-order chi connectivity index (χ0) is 13.9. The van der Waals surface area contributed by atoms with E-state index >= 15 is 0 Å². The van der Waals surface area contributed by atoms with Gasteiger partial charge in [-0.05, 0) is 43.2 Å². The highest BCUT2D eigenvalue weighted by Crippen LogP contribution is 2.37. The normalized spacial score (nSPS) is 19.1. The molecule has 0 atom stereocenters. The van der Waals surface area contributed by atoms with E-state index in [1.165, 1.54) is 12.8 Å². The van der Waals surface area contributed by atoms with Crippen molar-refractivity contribution in [1.29, 1.82) is 0 Å². The summed E-state index contributed by atoms with van der Waals surface area (Å²) in [6.45, 7) is 6.53. The Morgan fingerprint density at radius 1 is 1.26 bits per heavy atom. The van der Waals surface area contributed by atoms with Gasteiger partial charge in [0, 0.05) is 6.42 Å². The molecule has 0 unspecified atom stereocenters. The number of para-hydroxylation sites is 1. The number of carbonyl (C=O) groups excluding carboxylic acids is 1. The van der Waals surface area contributed by atoms with Gasteiger partial charge in [-0.2, -0.15) is 0 Å². The van der Waals surface area contributed by atoms with Crippen molar-refractivity contribution in [2.24, 2.45) is 5.41 Å².